The number of Topliss-reactive ketones (excluding diaryl/α,β-unsaturated/α-hetero) is 1. The van der Waals surface area contributed by atoms with Crippen LogP contribution >= 0.6 is 0 Å². The summed E-state index contributed by atoms with van der Waals surface area (Å²) in [5.41, 5.74) is 2.74. The Kier molecular flexibility index (Phi) is 2.85. The maximum absolute atomic E-state index is 12.4. The molecule has 0 bridgehead atoms. The average molecular weight is 314 g/mol. The maximum atomic E-state index is 12.4. The first-order valence-electron chi connectivity index (χ1n) is 8.79. The van der Waals surface area contributed by atoms with E-state index >= 15 is 0 Å². The number of aryl methyl sites for hydroxylation is 1. The van der Waals surface area contributed by atoms with Crippen molar-refractivity contribution in [2.24, 2.45) is 17.3 Å². The van der Waals surface area contributed by atoms with Gasteiger partial charge in [-0.15, -0.1) is 4.89 Å². The molecule has 0 radical (unpaired) electrons. The van der Waals surface area contributed by atoms with Crippen LogP contribution < -0.4 is 9.62 Å². The summed E-state index contributed by atoms with van der Waals surface area (Å²) in [6.07, 6.45) is 6.28. The van der Waals surface area contributed by atoms with Gasteiger partial charge in [-0.1, -0.05) is 6.92 Å². The van der Waals surface area contributed by atoms with E-state index in [-0.39, 0.29) is 12.2 Å². The van der Waals surface area contributed by atoms with Gasteiger partial charge in [-0.25, -0.2) is 0 Å². The Balaban J connectivity index is 1.54. The van der Waals surface area contributed by atoms with Gasteiger partial charge >= 0.3 is 0 Å². The molecule has 0 N–H and O–H groups in total. The number of ketones is 1. The molecule has 0 amide bonds. The molecule has 1 aromatic carbocycles. The van der Waals surface area contributed by atoms with Crippen LogP contribution in [0, 0.1) is 17.3 Å². The highest BCUT2D eigenvalue weighted by atomic mass is 17.2. The van der Waals surface area contributed by atoms with Gasteiger partial charge < -0.3 is 9.62 Å². The number of fused-ring (bicyclic) bond motifs is 6. The minimum absolute atomic E-state index is 0.0552. The zero-order chi connectivity index (χ0) is 15.6. The highest BCUT2D eigenvalue weighted by Crippen LogP contribution is 2.60. The fourth-order valence-electron chi connectivity index (χ4n) is 5.70. The minimum Gasteiger partial charge on any atom is -0.459 e. The lowest BCUT2D eigenvalue weighted by Crippen LogP contribution is -2.42. The van der Waals surface area contributed by atoms with Crippen LogP contribution in [-0.2, 0) is 16.1 Å². The van der Waals surface area contributed by atoms with Gasteiger partial charge in [-0.2, -0.15) is 0 Å². The summed E-state index contributed by atoms with van der Waals surface area (Å²) in [4.78, 5) is 22.6. The van der Waals surface area contributed by atoms with Gasteiger partial charge in [0.05, 0.1) is 0 Å². The fourth-order valence-corrected chi connectivity index (χ4v) is 5.70. The molecule has 0 spiro atoms. The van der Waals surface area contributed by atoms with Crippen molar-refractivity contribution in [2.45, 2.75) is 51.4 Å². The second kappa shape index (κ2) is 4.73. The van der Waals surface area contributed by atoms with Crippen molar-refractivity contribution in [1.29, 1.82) is 0 Å². The van der Waals surface area contributed by atoms with E-state index in [4.69, 9.17) is 14.5 Å². The summed E-state index contributed by atoms with van der Waals surface area (Å²) in [5.74, 6) is 3.78. The Labute approximate surface area is 136 Å². The van der Waals surface area contributed by atoms with Gasteiger partial charge in [0.2, 0.25) is 12.5 Å². The third-order valence-electron chi connectivity index (χ3n) is 6.91. The van der Waals surface area contributed by atoms with Crippen LogP contribution in [0.25, 0.3) is 0 Å². The second-order valence-electron chi connectivity index (χ2n) is 7.79. The summed E-state index contributed by atoms with van der Waals surface area (Å²) in [7, 11) is 0. The summed E-state index contributed by atoms with van der Waals surface area (Å²) in [5, 5.41) is 0. The maximum Gasteiger partial charge on any atom is 0.232 e. The molecule has 0 aromatic heterocycles. The van der Waals surface area contributed by atoms with Crippen LogP contribution in [0.5, 0.6) is 11.5 Å². The van der Waals surface area contributed by atoms with Crippen molar-refractivity contribution in [2.75, 3.05) is 6.79 Å². The molecule has 122 valence electrons. The van der Waals surface area contributed by atoms with Crippen molar-refractivity contribution < 1.29 is 19.3 Å². The number of hydrogen-bond donors (Lipinski definition) is 0. The molecule has 4 heteroatoms. The smallest absolute Gasteiger partial charge is 0.232 e. The van der Waals surface area contributed by atoms with E-state index in [0.29, 0.717) is 29.3 Å². The van der Waals surface area contributed by atoms with E-state index < -0.39 is 0 Å². The molecule has 0 unspecified atom stereocenters. The minimum atomic E-state index is -0.0552. The van der Waals surface area contributed by atoms with Crippen LogP contribution in [0.1, 0.15) is 56.1 Å². The molecule has 4 atom stereocenters. The Bertz CT molecular complexity index is 682. The SMILES string of the molecule is C[C@]12CC[C@@H]3c4cc5c(cc4CC[C@H]3[C@@H]1CCC2=O)OOCO5. The molecule has 1 heterocycles. The zero-order valence-electron chi connectivity index (χ0n) is 13.5. The molecule has 2 saturated carbocycles. The predicted molar refractivity (Wildman–Crippen MR) is 83.3 cm³/mol. The van der Waals surface area contributed by atoms with Crippen LogP contribution in [0.2, 0.25) is 0 Å². The monoisotopic (exact) mass is 314 g/mol. The number of hydrogen-bond acceptors (Lipinski definition) is 4. The van der Waals surface area contributed by atoms with E-state index in [1.54, 1.807) is 0 Å². The first kappa shape index (κ1) is 13.8. The van der Waals surface area contributed by atoms with Crippen LogP contribution in [0.15, 0.2) is 12.1 Å². The Hall–Kier alpha value is -1.55. The lowest BCUT2D eigenvalue weighted by Gasteiger charge is -2.48. The largest absolute Gasteiger partial charge is 0.459 e. The van der Waals surface area contributed by atoms with E-state index in [1.807, 2.05) is 0 Å². The lowest BCUT2D eigenvalue weighted by molar-refractivity contribution is -0.263. The molecular weight excluding hydrogens is 292 g/mol. The summed E-state index contributed by atoms with van der Waals surface area (Å²) >= 11 is 0. The van der Waals surface area contributed by atoms with Crippen molar-refractivity contribution in [3.8, 4) is 11.5 Å². The molecule has 23 heavy (non-hydrogen) atoms. The number of rotatable bonds is 0. The lowest BCUT2D eigenvalue weighted by atomic mass is 9.55. The van der Waals surface area contributed by atoms with Crippen LogP contribution in [-0.4, -0.2) is 12.6 Å². The van der Waals surface area contributed by atoms with E-state index in [0.717, 1.165) is 37.9 Å². The second-order valence-corrected chi connectivity index (χ2v) is 7.79. The molecule has 1 aliphatic heterocycles. The highest BCUT2D eigenvalue weighted by molar-refractivity contribution is 5.87. The van der Waals surface area contributed by atoms with Crippen LogP contribution in [0.3, 0.4) is 0 Å². The molecule has 4 aliphatic rings. The molecule has 2 fully saturated rings. The number of carbonyl (C=O) groups is 1. The third-order valence-corrected chi connectivity index (χ3v) is 6.91. The van der Waals surface area contributed by atoms with Gasteiger partial charge in [0, 0.05) is 11.8 Å². The molecule has 0 saturated heterocycles. The van der Waals surface area contributed by atoms with Gasteiger partial charge in [0.15, 0.2) is 5.75 Å². The molecule has 5 rings (SSSR count). The standard InChI is InChI=1S/C19H22O4/c1-19-7-6-12-13(15(19)4-5-18(19)20)3-2-11-8-17-16(9-14(11)12)21-10-22-23-17/h8-9,12-13,15H,2-7,10H2,1H3/t12-,13+,15-,19-/m0/s1. The van der Waals surface area contributed by atoms with Gasteiger partial charge in [-0.05, 0) is 73.1 Å². The average Bonchev–Trinajstić information content (AvgIpc) is 2.88. The van der Waals surface area contributed by atoms with Crippen molar-refractivity contribution in [3.05, 3.63) is 23.3 Å². The number of carbonyl (C=O) groups excluding carboxylic acids is 1. The van der Waals surface area contributed by atoms with Gasteiger partial charge in [-0.3, -0.25) is 4.79 Å². The fraction of sp³-hybridized carbons (Fsp3) is 0.632. The van der Waals surface area contributed by atoms with E-state index in [1.165, 1.54) is 17.5 Å². The number of benzene rings is 1. The molecule has 4 nitrogen and oxygen atoms in total. The quantitative estimate of drug-likeness (QED) is 0.684. The topological polar surface area (TPSA) is 44.8 Å². The van der Waals surface area contributed by atoms with Crippen molar-refractivity contribution in [1.82, 2.24) is 0 Å². The Morgan fingerprint density at radius 2 is 2.04 bits per heavy atom. The molecule has 3 aliphatic carbocycles. The molecule has 1 aromatic rings. The Morgan fingerprint density at radius 3 is 2.96 bits per heavy atom. The third kappa shape index (κ3) is 1.84. The zero-order valence-corrected chi connectivity index (χ0v) is 13.5. The summed E-state index contributed by atoms with van der Waals surface area (Å²) in [6.45, 7) is 2.37. The highest BCUT2D eigenvalue weighted by Gasteiger charge is 2.54. The van der Waals surface area contributed by atoms with Gasteiger partial charge in [0.25, 0.3) is 0 Å². The van der Waals surface area contributed by atoms with Crippen molar-refractivity contribution >= 4 is 5.78 Å². The molecular formula is C19H22O4. The normalized spacial score (nSPS) is 37.8. The summed E-state index contributed by atoms with van der Waals surface area (Å²) in [6, 6.07) is 4.26. The Morgan fingerprint density at radius 1 is 1.13 bits per heavy atom. The first-order chi connectivity index (χ1) is 11.2. The van der Waals surface area contributed by atoms with Gasteiger partial charge in [0.1, 0.15) is 5.78 Å². The number of ether oxygens (including phenoxy) is 1. The first-order valence-corrected chi connectivity index (χ1v) is 8.79. The van der Waals surface area contributed by atoms with Crippen LogP contribution in [0.4, 0.5) is 0 Å². The van der Waals surface area contributed by atoms with Crippen molar-refractivity contribution in [3.63, 3.8) is 0 Å². The van der Waals surface area contributed by atoms with E-state index in [9.17, 15) is 4.79 Å². The predicted octanol–water partition coefficient (Wildman–Crippen LogP) is 3.77. The van der Waals surface area contributed by atoms with E-state index in [2.05, 4.69) is 19.1 Å². The summed E-state index contributed by atoms with van der Waals surface area (Å²) < 4.78 is 5.59.